The Bertz CT molecular complexity index is 618. The summed E-state index contributed by atoms with van der Waals surface area (Å²) in [5.41, 5.74) is 0.984. The third-order valence-electron chi connectivity index (χ3n) is 3.20. The Hall–Kier alpha value is -1.47. The first-order chi connectivity index (χ1) is 10.5. The van der Waals surface area contributed by atoms with Crippen LogP contribution in [0.3, 0.4) is 0 Å². The van der Waals surface area contributed by atoms with Crippen LogP contribution in [-0.2, 0) is 23.8 Å². The van der Waals surface area contributed by atoms with Gasteiger partial charge in [-0.15, -0.1) is 6.58 Å². The molecule has 0 fully saturated rings. The maximum atomic E-state index is 12.2. The van der Waals surface area contributed by atoms with Crippen LogP contribution < -0.4 is 0 Å². The highest BCUT2D eigenvalue weighted by atomic mass is 32.2. The van der Waals surface area contributed by atoms with E-state index in [1.807, 2.05) is 19.1 Å². The second kappa shape index (κ2) is 7.69. The van der Waals surface area contributed by atoms with Crippen molar-refractivity contribution >= 4 is 10.1 Å². The highest BCUT2D eigenvalue weighted by Crippen LogP contribution is 2.17. The van der Waals surface area contributed by atoms with Crippen LogP contribution >= 0.6 is 0 Å². The molecule has 120 valence electrons. The highest BCUT2D eigenvalue weighted by Gasteiger charge is 2.26. The van der Waals surface area contributed by atoms with Crippen LogP contribution in [0, 0.1) is 6.92 Å². The average molecular weight is 324 g/mol. The molecule has 1 aliphatic heterocycles. The minimum absolute atomic E-state index is 0.0949. The summed E-state index contributed by atoms with van der Waals surface area (Å²) < 4.78 is 40.4. The van der Waals surface area contributed by atoms with E-state index in [0.29, 0.717) is 13.2 Å². The van der Waals surface area contributed by atoms with Gasteiger partial charge >= 0.3 is 0 Å². The molecular formula is C16H20O5S. The molecule has 0 N–H and O–H groups in total. The number of aryl methyl sites for hydroxylation is 1. The predicted molar refractivity (Wildman–Crippen MR) is 83.1 cm³/mol. The molecule has 6 heteroatoms. The van der Waals surface area contributed by atoms with Gasteiger partial charge < -0.3 is 9.47 Å². The Morgan fingerprint density at radius 3 is 2.77 bits per heavy atom. The van der Waals surface area contributed by atoms with Crippen LogP contribution in [0.5, 0.6) is 0 Å². The molecule has 0 aromatic heterocycles. The summed E-state index contributed by atoms with van der Waals surface area (Å²) in [6.07, 6.45) is 4.49. The zero-order valence-electron chi connectivity index (χ0n) is 12.5. The Labute approximate surface area is 131 Å². The first kappa shape index (κ1) is 16.9. The molecule has 2 rings (SSSR count). The number of hydrogen-bond donors (Lipinski definition) is 0. The van der Waals surface area contributed by atoms with Gasteiger partial charge in [-0.1, -0.05) is 35.9 Å². The third-order valence-corrected chi connectivity index (χ3v) is 4.50. The fourth-order valence-corrected chi connectivity index (χ4v) is 2.92. The maximum absolute atomic E-state index is 12.2. The van der Waals surface area contributed by atoms with E-state index in [1.165, 1.54) is 12.1 Å². The average Bonchev–Trinajstić information content (AvgIpc) is 2.52. The molecule has 22 heavy (non-hydrogen) atoms. The lowest BCUT2D eigenvalue weighted by Crippen LogP contribution is -2.37. The summed E-state index contributed by atoms with van der Waals surface area (Å²) in [4.78, 5) is 0.132. The summed E-state index contributed by atoms with van der Waals surface area (Å²) >= 11 is 0. The molecule has 0 amide bonds. The Morgan fingerprint density at radius 2 is 2.09 bits per heavy atom. The quantitative estimate of drug-likeness (QED) is 0.568. The van der Waals surface area contributed by atoms with E-state index in [2.05, 4.69) is 6.58 Å². The van der Waals surface area contributed by atoms with E-state index in [-0.39, 0.29) is 17.6 Å². The van der Waals surface area contributed by atoms with Crippen LogP contribution in [0.15, 0.2) is 54.0 Å². The molecule has 0 unspecified atom stereocenters. The van der Waals surface area contributed by atoms with Gasteiger partial charge in [0.1, 0.15) is 12.2 Å². The first-order valence-corrected chi connectivity index (χ1v) is 8.40. The SMILES string of the molecule is C=CCO[C@H]1C=CCO[C@@H]1COS(=O)(=O)c1ccc(C)cc1. The van der Waals surface area contributed by atoms with E-state index in [4.69, 9.17) is 13.7 Å². The minimum atomic E-state index is -3.80. The Kier molecular flexibility index (Phi) is 5.90. The van der Waals surface area contributed by atoms with Gasteiger partial charge in [-0.2, -0.15) is 8.42 Å². The molecule has 1 aromatic carbocycles. The third kappa shape index (κ3) is 4.51. The van der Waals surface area contributed by atoms with Crippen molar-refractivity contribution in [3.63, 3.8) is 0 Å². The lowest BCUT2D eigenvalue weighted by atomic mass is 10.1. The van der Waals surface area contributed by atoms with Gasteiger partial charge in [0.15, 0.2) is 0 Å². The molecule has 0 radical (unpaired) electrons. The predicted octanol–water partition coefficient (Wildman–Crippen LogP) is 2.23. The molecule has 0 aliphatic carbocycles. The van der Waals surface area contributed by atoms with E-state index in [9.17, 15) is 8.42 Å². The largest absolute Gasteiger partial charge is 0.369 e. The van der Waals surface area contributed by atoms with Gasteiger partial charge in [0.2, 0.25) is 0 Å². The Morgan fingerprint density at radius 1 is 1.36 bits per heavy atom. The van der Waals surface area contributed by atoms with Gasteiger partial charge in [-0.05, 0) is 19.1 Å². The van der Waals surface area contributed by atoms with Crippen molar-refractivity contribution in [3.8, 4) is 0 Å². The number of ether oxygens (including phenoxy) is 2. The topological polar surface area (TPSA) is 61.8 Å². The Balaban J connectivity index is 1.99. The van der Waals surface area contributed by atoms with Crippen molar-refractivity contribution in [2.45, 2.75) is 24.0 Å². The van der Waals surface area contributed by atoms with Crippen molar-refractivity contribution in [3.05, 3.63) is 54.6 Å². The summed E-state index contributed by atoms with van der Waals surface area (Å²) in [7, 11) is -3.80. The molecule has 5 nitrogen and oxygen atoms in total. The molecular weight excluding hydrogens is 304 g/mol. The van der Waals surface area contributed by atoms with E-state index in [0.717, 1.165) is 5.56 Å². The number of benzene rings is 1. The zero-order chi connectivity index (χ0) is 16.0. The zero-order valence-corrected chi connectivity index (χ0v) is 13.3. The van der Waals surface area contributed by atoms with Crippen LogP contribution in [0.4, 0.5) is 0 Å². The second-order valence-corrected chi connectivity index (χ2v) is 6.55. The normalized spacial score (nSPS) is 21.7. The van der Waals surface area contributed by atoms with Crippen LogP contribution in [0.2, 0.25) is 0 Å². The van der Waals surface area contributed by atoms with E-state index in [1.54, 1.807) is 18.2 Å². The number of hydrogen-bond acceptors (Lipinski definition) is 5. The summed E-state index contributed by atoms with van der Waals surface area (Å²) in [5.74, 6) is 0. The molecule has 1 aliphatic rings. The summed E-state index contributed by atoms with van der Waals surface area (Å²) in [6.45, 7) is 6.15. The molecule has 0 bridgehead atoms. The van der Waals surface area contributed by atoms with E-state index >= 15 is 0 Å². The van der Waals surface area contributed by atoms with Crippen LogP contribution in [-0.4, -0.2) is 40.4 Å². The monoisotopic (exact) mass is 324 g/mol. The maximum Gasteiger partial charge on any atom is 0.297 e. The summed E-state index contributed by atoms with van der Waals surface area (Å²) in [5, 5.41) is 0. The lowest BCUT2D eigenvalue weighted by Gasteiger charge is -2.27. The van der Waals surface area contributed by atoms with Crippen molar-refractivity contribution in [2.75, 3.05) is 19.8 Å². The molecule has 0 saturated heterocycles. The first-order valence-electron chi connectivity index (χ1n) is 7.00. The van der Waals surface area contributed by atoms with Gasteiger partial charge in [0.25, 0.3) is 10.1 Å². The van der Waals surface area contributed by atoms with Gasteiger partial charge in [-0.25, -0.2) is 0 Å². The molecule has 1 heterocycles. The molecule has 2 atom stereocenters. The fourth-order valence-electron chi connectivity index (χ4n) is 2.00. The van der Waals surface area contributed by atoms with Gasteiger partial charge in [-0.3, -0.25) is 4.18 Å². The fraction of sp³-hybridized carbons (Fsp3) is 0.375. The van der Waals surface area contributed by atoms with E-state index < -0.39 is 16.2 Å². The number of rotatable bonds is 7. The van der Waals surface area contributed by atoms with Crippen molar-refractivity contribution in [2.24, 2.45) is 0 Å². The molecule has 1 aromatic rings. The summed E-state index contributed by atoms with van der Waals surface area (Å²) in [6, 6.07) is 6.51. The van der Waals surface area contributed by atoms with Crippen molar-refractivity contribution < 1.29 is 22.1 Å². The van der Waals surface area contributed by atoms with Crippen molar-refractivity contribution in [1.82, 2.24) is 0 Å². The van der Waals surface area contributed by atoms with Crippen molar-refractivity contribution in [1.29, 1.82) is 0 Å². The lowest BCUT2D eigenvalue weighted by molar-refractivity contribution is -0.0622. The smallest absolute Gasteiger partial charge is 0.297 e. The molecule has 0 spiro atoms. The van der Waals surface area contributed by atoms with Gasteiger partial charge in [0, 0.05) is 0 Å². The minimum Gasteiger partial charge on any atom is -0.369 e. The highest BCUT2D eigenvalue weighted by molar-refractivity contribution is 7.86. The van der Waals surface area contributed by atoms with Crippen LogP contribution in [0.25, 0.3) is 0 Å². The standard InChI is InChI=1S/C16H20O5S/c1-3-10-19-15-5-4-11-20-16(15)12-21-22(17,18)14-8-6-13(2)7-9-14/h3-9,15-16H,1,10-12H2,2H3/t15-,16+/m0/s1. The van der Waals surface area contributed by atoms with Gasteiger partial charge in [0.05, 0.1) is 24.7 Å². The second-order valence-electron chi connectivity index (χ2n) is 4.94. The van der Waals surface area contributed by atoms with Crippen LogP contribution in [0.1, 0.15) is 5.56 Å². The molecule has 0 saturated carbocycles.